The lowest BCUT2D eigenvalue weighted by atomic mass is 10.4. The molecule has 0 rings (SSSR count). The molecule has 0 radical (unpaired) electrons. The maximum atomic E-state index is 12.1. The Kier molecular flexibility index (Phi) is 4.40. The number of alkyl halides is 4. The molecule has 0 heterocycles. The van der Waals surface area contributed by atoms with Crippen LogP contribution in [0.25, 0.3) is 0 Å². The first-order valence-corrected chi connectivity index (χ1v) is 3.28. The van der Waals surface area contributed by atoms with Crippen molar-refractivity contribution in [3.05, 3.63) is 0 Å². The highest BCUT2D eigenvalue weighted by atomic mass is 19.4. The highest BCUT2D eigenvalue weighted by Gasteiger charge is 2.32. The van der Waals surface area contributed by atoms with Gasteiger partial charge in [0, 0.05) is 6.61 Å². The number of rotatable bonds is 4. The molecule has 1 unspecified atom stereocenters. The molecule has 0 aromatic rings. The van der Waals surface area contributed by atoms with Crippen molar-refractivity contribution < 1.29 is 22.3 Å². The van der Waals surface area contributed by atoms with E-state index in [-0.39, 0.29) is 6.61 Å². The minimum atomic E-state index is -4.48. The molecule has 68 valence electrons. The zero-order valence-electron chi connectivity index (χ0n) is 6.12. The van der Waals surface area contributed by atoms with Gasteiger partial charge in [-0.25, -0.2) is 4.39 Å². The molecule has 0 spiro atoms. The van der Waals surface area contributed by atoms with E-state index in [1.165, 1.54) is 0 Å². The van der Waals surface area contributed by atoms with Crippen LogP contribution in [0, 0.1) is 0 Å². The average molecular weight is 174 g/mol. The maximum Gasteiger partial charge on any atom is 0.394 e. The van der Waals surface area contributed by atoms with Gasteiger partial charge in [0.1, 0.15) is 0 Å². The fourth-order valence-corrected chi connectivity index (χ4v) is 0.487. The van der Waals surface area contributed by atoms with Gasteiger partial charge in [0.25, 0.3) is 0 Å². The number of ether oxygens (including phenoxy) is 1. The summed E-state index contributed by atoms with van der Waals surface area (Å²) in [6.45, 7) is 1.72. The molecule has 0 aromatic heterocycles. The van der Waals surface area contributed by atoms with Gasteiger partial charge < -0.3 is 4.74 Å². The summed E-state index contributed by atoms with van der Waals surface area (Å²) < 4.78 is 50.6. The minimum Gasteiger partial charge on any atom is -0.348 e. The zero-order valence-corrected chi connectivity index (χ0v) is 6.12. The van der Waals surface area contributed by atoms with E-state index >= 15 is 0 Å². The second-order valence-electron chi connectivity index (χ2n) is 2.10. The summed E-state index contributed by atoms with van der Waals surface area (Å²) in [6.07, 6.45) is -7.70. The normalized spacial score (nSPS) is 15.0. The Hall–Kier alpha value is -0.320. The smallest absolute Gasteiger partial charge is 0.348 e. The molecule has 1 nitrogen and oxygen atoms in total. The summed E-state index contributed by atoms with van der Waals surface area (Å²) in [5, 5.41) is 0. The summed E-state index contributed by atoms with van der Waals surface area (Å²) in [5.74, 6) is 0. The molecule has 0 aliphatic heterocycles. The Labute approximate surface area is 62.3 Å². The molecule has 0 fully saturated rings. The topological polar surface area (TPSA) is 9.23 Å². The molecule has 0 aliphatic rings. The van der Waals surface area contributed by atoms with Crippen molar-refractivity contribution >= 4 is 0 Å². The van der Waals surface area contributed by atoms with Gasteiger partial charge in [-0.05, 0) is 6.42 Å². The van der Waals surface area contributed by atoms with Crippen LogP contribution in [0.1, 0.15) is 19.8 Å². The van der Waals surface area contributed by atoms with E-state index < -0.39 is 19.0 Å². The minimum absolute atomic E-state index is 0.0250. The van der Waals surface area contributed by atoms with Crippen LogP contribution in [-0.4, -0.2) is 19.1 Å². The Balaban J connectivity index is 3.44. The Morgan fingerprint density at radius 2 is 1.91 bits per heavy atom. The van der Waals surface area contributed by atoms with Crippen LogP contribution < -0.4 is 0 Å². The van der Waals surface area contributed by atoms with E-state index in [0.717, 1.165) is 0 Å². The number of hydrogen-bond donors (Lipinski definition) is 0. The molecule has 0 saturated heterocycles. The van der Waals surface area contributed by atoms with E-state index in [1.807, 2.05) is 0 Å². The molecule has 0 amide bonds. The first-order valence-electron chi connectivity index (χ1n) is 3.28. The molecule has 0 aromatic carbocycles. The molecule has 0 N–H and O–H groups in total. The number of halogens is 4. The second kappa shape index (κ2) is 4.54. The monoisotopic (exact) mass is 174 g/mol. The van der Waals surface area contributed by atoms with Crippen molar-refractivity contribution in [1.82, 2.24) is 0 Å². The number of hydrogen-bond acceptors (Lipinski definition) is 1. The van der Waals surface area contributed by atoms with Crippen LogP contribution in [0.2, 0.25) is 0 Å². The van der Waals surface area contributed by atoms with E-state index in [9.17, 15) is 17.6 Å². The fraction of sp³-hybridized carbons (Fsp3) is 1.00. The van der Waals surface area contributed by atoms with Crippen molar-refractivity contribution in [2.45, 2.75) is 32.3 Å². The van der Waals surface area contributed by atoms with Crippen molar-refractivity contribution in [3.63, 3.8) is 0 Å². The largest absolute Gasteiger partial charge is 0.394 e. The lowest BCUT2D eigenvalue weighted by molar-refractivity contribution is -0.183. The summed E-state index contributed by atoms with van der Waals surface area (Å²) in [5.41, 5.74) is 0. The maximum absolute atomic E-state index is 12.1. The third-order valence-corrected chi connectivity index (χ3v) is 0.895. The predicted molar refractivity (Wildman–Crippen MR) is 31.8 cm³/mol. The quantitative estimate of drug-likeness (QED) is 0.595. The van der Waals surface area contributed by atoms with Crippen LogP contribution in [0.5, 0.6) is 0 Å². The summed E-state index contributed by atoms with van der Waals surface area (Å²) in [4.78, 5) is 0. The molecular weight excluding hydrogens is 164 g/mol. The molecule has 0 saturated carbocycles. The molecule has 0 bridgehead atoms. The van der Waals surface area contributed by atoms with Gasteiger partial charge in [-0.2, -0.15) is 13.2 Å². The van der Waals surface area contributed by atoms with Gasteiger partial charge in [0.2, 0.25) is 6.36 Å². The standard InChI is InChI=1S/C6H10F4O/c1-2-3-11-5(7)4-6(8,9)10/h5H,2-4H2,1H3. The van der Waals surface area contributed by atoms with Gasteiger partial charge in [0.15, 0.2) is 0 Å². The molecule has 1 atom stereocenters. The molecular formula is C6H10F4O. The predicted octanol–water partition coefficient (Wildman–Crippen LogP) is 2.66. The van der Waals surface area contributed by atoms with Crippen LogP contribution in [0.3, 0.4) is 0 Å². The van der Waals surface area contributed by atoms with E-state index in [4.69, 9.17) is 0 Å². The molecule has 11 heavy (non-hydrogen) atoms. The van der Waals surface area contributed by atoms with Crippen molar-refractivity contribution in [2.24, 2.45) is 0 Å². The first kappa shape index (κ1) is 10.7. The SMILES string of the molecule is CCCOC(F)CC(F)(F)F. The summed E-state index contributed by atoms with van der Waals surface area (Å²) >= 11 is 0. The van der Waals surface area contributed by atoms with Crippen LogP contribution in [0.4, 0.5) is 17.6 Å². The van der Waals surface area contributed by atoms with Gasteiger partial charge in [0.05, 0.1) is 6.42 Å². The second-order valence-corrected chi connectivity index (χ2v) is 2.10. The average Bonchev–Trinajstić information content (AvgIpc) is 1.79. The van der Waals surface area contributed by atoms with Gasteiger partial charge in [-0.1, -0.05) is 6.92 Å². The Bertz CT molecular complexity index is 101. The van der Waals surface area contributed by atoms with Crippen molar-refractivity contribution in [1.29, 1.82) is 0 Å². The Morgan fingerprint density at radius 1 is 1.36 bits per heavy atom. The van der Waals surface area contributed by atoms with E-state index in [2.05, 4.69) is 4.74 Å². The van der Waals surface area contributed by atoms with Crippen molar-refractivity contribution in [3.8, 4) is 0 Å². The third-order valence-electron chi connectivity index (χ3n) is 0.895. The lowest BCUT2D eigenvalue weighted by Gasteiger charge is -2.10. The van der Waals surface area contributed by atoms with Crippen molar-refractivity contribution in [2.75, 3.05) is 6.61 Å². The Morgan fingerprint density at radius 3 is 2.27 bits per heavy atom. The van der Waals surface area contributed by atoms with E-state index in [1.54, 1.807) is 6.92 Å². The van der Waals surface area contributed by atoms with Crippen LogP contribution >= 0.6 is 0 Å². The van der Waals surface area contributed by atoms with Crippen LogP contribution in [-0.2, 0) is 4.74 Å². The van der Waals surface area contributed by atoms with Gasteiger partial charge >= 0.3 is 6.18 Å². The first-order chi connectivity index (χ1) is 4.95. The summed E-state index contributed by atoms with van der Waals surface area (Å²) in [6, 6.07) is 0. The molecule has 0 aliphatic carbocycles. The molecule has 5 heteroatoms. The highest BCUT2D eigenvalue weighted by molar-refractivity contribution is 4.52. The highest BCUT2D eigenvalue weighted by Crippen LogP contribution is 2.23. The third kappa shape index (κ3) is 7.58. The van der Waals surface area contributed by atoms with Gasteiger partial charge in [-0.15, -0.1) is 0 Å². The fourth-order valence-electron chi connectivity index (χ4n) is 0.487. The van der Waals surface area contributed by atoms with Crippen LogP contribution in [0.15, 0.2) is 0 Å². The summed E-state index contributed by atoms with van der Waals surface area (Å²) in [7, 11) is 0. The van der Waals surface area contributed by atoms with Gasteiger partial charge in [-0.3, -0.25) is 0 Å². The van der Waals surface area contributed by atoms with E-state index in [0.29, 0.717) is 6.42 Å². The zero-order chi connectivity index (χ0) is 8.91. The lowest BCUT2D eigenvalue weighted by Crippen LogP contribution is -2.18.